The Hall–Kier alpha value is -4.02. The molecule has 1 aliphatic rings. The summed E-state index contributed by atoms with van der Waals surface area (Å²) in [6.07, 6.45) is 0. The van der Waals surface area contributed by atoms with Gasteiger partial charge in [-0.05, 0) is 12.1 Å². The van der Waals surface area contributed by atoms with E-state index in [2.05, 4.69) is 10.6 Å². The number of hydrogen-bond donors (Lipinski definition) is 3. The molecule has 11 heteroatoms. The van der Waals surface area contributed by atoms with Crippen molar-refractivity contribution in [3.8, 4) is 23.0 Å². The molecule has 35 heavy (non-hydrogen) atoms. The number of ether oxygens (including phenoxy) is 4. The fourth-order valence-corrected chi connectivity index (χ4v) is 3.33. The Balaban J connectivity index is 1.59. The Morgan fingerprint density at radius 3 is 1.54 bits per heavy atom. The highest BCUT2D eigenvalue weighted by Crippen LogP contribution is 2.31. The molecule has 0 aromatic heterocycles. The summed E-state index contributed by atoms with van der Waals surface area (Å²) in [6, 6.07) is 8.64. The minimum atomic E-state index is -1.08. The monoisotopic (exact) mass is 493 g/mol. The van der Waals surface area contributed by atoms with Gasteiger partial charge in [-0.1, -0.05) is 0 Å². The van der Waals surface area contributed by atoms with Gasteiger partial charge in [0.2, 0.25) is 0 Å². The molecule has 0 saturated heterocycles. The molecular formula is C24H23F4N3O4. The number of nitrogens with one attached hydrogen (secondary N) is 2. The van der Waals surface area contributed by atoms with Crippen LogP contribution in [0.3, 0.4) is 0 Å². The van der Waals surface area contributed by atoms with Crippen LogP contribution < -0.4 is 35.3 Å². The average molecular weight is 493 g/mol. The highest BCUT2D eigenvalue weighted by atomic mass is 19.2. The third-order valence-corrected chi connectivity index (χ3v) is 4.96. The van der Waals surface area contributed by atoms with Crippen molar-refractivity contribution in [2.24, 2.45) is 0 Å². The molecule has 0 unspecified atom stereocenters. The van der Waals surface area contributed by atoms with Gasteiger partial charge in [-0.15, -0.1) is 0 Å². The molecule has 1 aliphatic heterocycles. The van der Waals surface area contributed by atoms with E-state index in [-0.39, 0.29) is 62.4 Å². The number of anilines is 3. The van der Waals surface area contributed by atoms with Crippen molar-refractivity contribution >= 4 is 17.1 Å². The molecule has 0 atom stereocenters. The summed E-state index contributed by atoms with van der Waals surface area (Å²) >= 11 is 0. The van der Waals surface area contributed by atoms with E-state index < -0.39 is 23.3 Å². The summed E-state index contributed by atoms with van der Waals surface area (Å²) in [5.74, 6) is -3.38. The van der Waals surface area contributed by atoms with E-state index in [4.69, 9.17) is 24.7 Å². The molecule has 186 valence electrons. The molecular weight excluding hydrogens is 470 g/mol. The zero-order valence-corrected chi connectivity index (χ0v) is 18.5. The Morgan fingerprint density at radius 1 is 0.543 bits per heavy atom. The van der Waals surface area contributed by atoms with Crippen molar-refractivity contribution in [1.29, 1.82) is 0 Å². The van der Waals surface area contributed by atoms with E-state index in [1.165, 1.54) is 0 Å². The molecule has 3 aromatic carbocycles. The summed E-state index contributed by atoms with van der Waals surface area (Å²) < 4.78 is 77.8. The number of rotatable bonds is 0. The first kappa shape index (κ1) is 24.1. The highest BCUT2D eigenvalue weighted by Gasteiger charge is 2.14. The lowest BCUT2D eigenvalue weighted by atomic mass is 10.2. The molecule has 1 heterocycles. The lowest BCUT2D eigenvalue weighted by Gasteiger charge is -2.18. The maximum atomic E-state index is 13.8. The molecule has 0 fully saturated rings. The summed E-state index contributed by atoms with van der Waals surface area (Å²) in [5.41, 5.74) is 6.72. The van der Waals surface area contributed by atoms with Gasteiger partial charge in [-0.25, -0.2) is 17.6 Å². The maximum Gasteiger partial charge on any atom is 0.163 e. The summed E-state index contributed by atoms with van der Waals surface area (Å²) in [6.45, 7) is 0.626. The smallest absolute Gasteiger partial charge is 0.163 e. The second kappa shape index (κ2) is 10.9. The minimum Gasteiger partial charge on any atom is -0.488 e. The Kier molecular flexibility index (Phi) is 7.54. The van der Waals surface area contributed by atoms with Crippen LogP contribution >= 0.6 is 0 Å². The molecule has 0 spiro atoms. The molecule has 0 aliphatic carbocycles. The van der Waals surface area contributed by atoms with Crippen LogP contribution in [0.4, 0.5) is 34.6 Å². The number of benzene rings is 3. The average Bonchev–Trinajstić information content (AvgIpc) is 2.82. The predicted molar refractivity (Wildman–Crippen MR) is 123 cm³/mol. The zero-order chi connectivity index (χ0) is 24.8. The molecule has 0 radical (unpaired) electrons. The third-order valence-electron chi connectivity index (χ3n) is 4.96. The van der Waals surface area contributed by atoms with Crippen LogP contribution in [-0.2, 0) is 0 Å². The molecule has 3 aromatic rings. The van der Waals surface area contributed by atoms with Crippen LogP contribution in [-0.4, -0.2) is 39.5 Å². The summed E-state index contributed by atoms with van der Waals surface area (Å²) in [5, 5.41) is 5.88. The van der Waals surface area contributed by atoms with Crippen molar-refractivity contribution in [2.75, 3.05) is 55.9 Å². The Labute approximate surface area is 198 Å². The molecule has 4 N–H and O–H groups in total. The van der Waals surface area contributed by atoms with Crippen LogP contribution in [0, 0.1) is 23.3 Å². The molecule has 0 amide bonds. The van der Waals surface area contributed by atoms with Gasteiger partial charge < -0.3 is 35.3 Å². The van der Waals surface area contributed by atoms with Crippen molar-refractivity contribution in [1.82, 2.24) is 0 Å². The van der Waals surface area contributed by atoms with Gasteiger partial charge in [0, 0.05) is 49.1 Å². The number of halogens is 4. The SMILES string of the molecule is Nc1ccc2c(c1)OCCNc1cc(F)c(F)cc1OCCOc1cc(F)c(F)cc1NCCO2. The van der Waals surface area contributed by atoms with E-state index in [9.17, 15) is 17.6 Å². The van der Waals surface area contributed by atoms with E-state index >= 15 is 0 Å². The van der Waals surface area contributed by atoms with Crippen LogP contribution in [0.5, 0.6) is 23.0 Å². The fraction of sp³-hybridized carbons (Fsp3) is 0.250. The van der Waals surface area contributed by atoms with Crippen LogP contribution in [0.15, 0.2) is 42.5 Å². The van der Waals surface area contributed by atoms with Gasteiger partial charge in [0.15, 0.2) is 34.8 Å². The quantitative estimate of drug-likeness (QED) is 0.312. The maximum absolute atomic E-state index is 13.8. The summed E-state index contributed by atoms with van der Waals surface area (Å²) in [4.78, 5) is 0. The lowest BCUT2D eigenvalue weighted by Crippen LogP contribution is -2.17. The number of nitrogen functional groups attached to an aromatic ring is 1. The first-order valence-corrected chi connectivity index (χ1v) is 10.8. The number of hydrogen-bond acceptors (Lipinski definition) is 7. The Bertz CT molecular complexity index is 1190. The minimum absolute atomic E-state index is 0.0465. The Morgan fingerprint density at radius 2 is 1.00 bits per heavy atom. The van der Waals surface area contributed by atoms with Gasteiger partial charge in [-0.3, -0.25) is 0 Å². The molecule has 4 rings (SSSR count). The summed E-state index contributed by atoms with van der Waals surface area (Å²) in [7, 11) is 0. The zero-order valence-electron chi connectivity index (χ0n) is 18.5. The fourth-order valence-electron chi connectivity index (χ4n) is 3.33. The van der Waals surface area contributed by atoms with Crippen LogP contribution in [0.1, 0.15) is 0 Å². The van der Waals surface area contributed by atoms with Crippen molar-refractivity contribution in [3.05, 3.63) is 65.7 Å². The lowest BCUT2D eigenvalue weighted by molar-refractivity contribution is 0.216. The first-order chi connectivity index (χ1) is 16.9. The highest BCUT2D eigenvalue weighted by molar-refractivity contribution is 5.58. The molecule has 7 nitrogen and oxygen atoms in total. The first-order valence-electron chi connectivity index (χ1n) is 10.8. The topological polar surface area (TPSA) is 87.0 Å². The largest absolute Gasteiger partial charge is 0.488 e. The van der Waals surface area contributed by atoms with Gasteiger partial charge >= 0.3 is 0 Å². The van der Waals surface area contributed by atoms with Gasteiger partial charge in [0.25, 0.3) is 0 Å². The number of fused-ring (bicyclic) bond motifs is 3. The molecule has 0 saturated carbocycles. The molecule has 0 bridgehead atoms. The second-order valence-electron chi connectivity index (χ2n) is 7.48. The van der Waals surface area contributed by atoms with E-state index in [1.54, 1.807) is 18.2 Å². The van der Waals surface area contributed by atoms with Gasteiger partial charge in [-0.2, -0.15) is 0 Å². The van der Waals surface area contributed by atoms with Crippen molar-refractivity contribution < 1.29 is 36.5 Å². The van der Waals surface area contributed by atoms with Gasteiger partial charge in [0.05, 0.1) is 11.4 Å². The van der Waals surface area contributed by atoms with Crippen molar-refractivity contribution in [2.45, 2.75) is 0 Å². The van der Waals surface area contributed by atoms with Crippen LogP contribution in [0.2, 0.25) is 0 Å². The normalized spacial score (nSPS) is 14.5. The van der Waals surface area contributed by atoms with E-state index in [1.807, 2.05) is 0 Å². The number of nitrogens with two attached hydrogens (primary N) is 1. The predicted octanol–water partition coefficient (Wildman–Crippen LogP) is 4.58. The van der Waals surface area contributed by atoms with Crippen molar-refractivity contribution in [3.63, 3.8) is 0 Å². The van der Waals surface area contributed by atoms with Crippen LogP contribution in [0.25, 0.3) is 0 Å². The van der Waals surface area contributed by atoms with E-state index in [0.717, 1.165) is 24.3 Å². The standard InChI is InChI=1S/C24H23F4N3O4/c25-15-10-19-22(12-17(15)27)34-7-8-35-23-13-18(28)16(26)11-20(23)31-4-6-33-24-9-14(29)1-2-21(24)32-5-3-30-19/h1-2,9-13,30-31H,3-8,29H2. The third kappa shape index (κ3) is 6.11. The second-order valence-corrected chi connectivity index (χ2v) is 7.48. The van der Waals surface area contributed by atoms with E-state index in [0.29, 0.717) is 17.2 Å². The van der Waals surface area contributed by atoms with Gasteiger partial charge in [0.1, 0.15) is 37.9 Å².